The minimum Gasteiger partial charge on any atom is -0.394 e. The van der Waals surface area contributed by atoms with Crippen LogP contribution in [-0.4, -0.2) is 54.4 Å². The Hall–Kier alpha value is -0.650. The highest BCUT2D eigenvalue weighted by Crippen LogP contribution is 2.16. The van der Waals surface area contributed by atoms with Crippen molar-refractivity contribution in [3.8, 4) is 0 Å². The van der Waals surface area contributed by atoms with Gasteiger partial charge >= 0.3 is 0 Å². The van der Waals surface area contributed by atoms with E-state index < -0.39 is 0 Å². The van der Waals surface area contributed by atoms with Crippen molar-refractivity contribution in [2.45, 2.75) is 32.4 Å². The van der Waals surface area contributed by atoms with Crippen LogP contribution in [0.2, 0.25) is 0 Å². The van der Waals surface area contributed by atoms with E-state index in [0.717, 1.165) is 6.42 Å². The van der Waals surface area contributed by atoms with Crippen LogP contribution >= 0.6 is 0 Å². The first-order valence-electron chi connectivity index (χ1n) is 5.87. The molecule has 0 aromatic heterocycles. The zero-order valence-corrected chi connectivity index (χ0v) is 10.1. The molecule has 1 aliphatic rings. The van der Waals surface area contributed by atoms with E-state index in [2.05, 4.69) is 0 Å². The summed E-state index contributed by atoms with van der Waals surface area (Å²) >= 11 is 0. The van der Waals surface area contributed by atoms with Gasteiger partial charge in [0, 0.05) is 13.1 Å². The summed E-state index contributed by atoms with van der Waals surface area (Å²) < 4.78 is 5.39. The van der Waals surface area contributed by atoms with Crippen LogP contribution in [0.1, 0.15) is 20.3 Å². The Morgan fingerprint density at radius 1 is 1.69 bits per heavy atom. The van der Waals surface area contributed by atoms with Crippen LogP contribution in [0.4, 0.5) is 0 Å². The smallest absolute Gasteiger partial charge is 0.227 e. The largest absolute Gasteiger partial charge is 0.394 e. The Morgan fingerprint density at radius 2 is 2.38 bits per heavy atom. The number of hydrogen-bond donors (Lipinski definition) is 2. The maximum absolute atomic E-state index is 12.1. The van der Waals surface area contributed by atoms with Crippen molar-refractivity contribution >= 4 is 5.91 Å². The predicted molar refractivity (Wildman–Crippen MR) is 60.8 cm³/mol. The number of carbonyl (C=O) groups is 1. The van der Waals surface area contributed by atoms with E-state index >= 15 is 0 Å². The summed E-state index contributed by atoms with van der Waals surface area (Å²) in [5.74, 6) is -0.0286. The van der Waals surface area contributed by atoms with Gasteiger partial charge in [-0.1, -0.05) is 6.92 Å². The molecule has 0 spiro atoms. The number of ether oxygens (including phenoxy) is 1. The number of nitrogens with two attached hydrogens (primary N) is 1. The number of aliphatic hydroxyl groups is 1. The monoisotopic (exact) mass is 230 g/mol. The van der Waals surface area contributed by atoms with Crippen molar-refractivity contribution in [3.05, 3.63) is 0 Å². The van der Waals surface area contributed by atoms with E-state index in [1.165, 1.54) is 0 Å². The Kier molecular flexibility index (Phi) is 5.18. The Labute approximate surface area is 96.6 Å². The SMILES string of the molecule is CCC(CN)C(=O)N1CC(CO)OCC1C. The van der Waals surface area contributed by atoms with Gasteiger partial charge in [0.2, 0.25) is 5.91 Å². The minimum absolute atomic E-state index is 0.0457. The Morgan fingerprint density at radius 3 is 2.88 bits per heavy atom. The Balaban J connectivity index is 2.64. The van der Waals surface area contributed by atoms with E-state index in [0.29, 0.717) is 19.7 Å². The van der Waals surface area contributed by atoms with E-state index in [1.807, 2.05) is 13.8 Å². The van der Waals surface area contributed by atoms with E-state index in [1.54, 1.807) is 4.90 Å². The molecule has 94 valence electrons. The fourth-order valence-corrected chi connectivity index (χ4v) is 1.91. The van der Waals surface area contributed by atoms with Gasteiger partial charge in [0.25, 0.3) is 0 Å². The molecular weight excluding hydrogens is 208 g/mol. The van der Waals surface area contributed by atoms with Crippen molar-refractivity contribution in [1.82, 2.24) is 4.90 Å². The number of carbonyl (C=O) groups excluding carboxylic acids is 1. The van der Waals surface area contributed by atoms with Crippen molar-refractivity contribution in [2.24, 2.45) is 11.7 Å². The maximum Gasteiger partial charge on any atom is 0.227 e. The summed E-state index contributed by atoms with van der Waals surface area (Å²) in [7, 11) is 0. The molecule has 1 heterocycles. The molecule has 16 heavy (non-hydrogen) atoms. The zero-order valence-electron chi connectivity index (χ0n) is 10.1. The van der Waals surface area contributed by atoms with Gasteiger partial charge < -0.3 is 20.5 Å². The standard InChI is InChI=1S/C11H22N2O3/c1-3-9(4-12)11(15)13-5-10(6-14)16-7-8(13)2/h8-10,14H,3-7,12H2,1-2H3. The number of rotatable bonds is 4. The van der Waals surface area contributed by atoms with Gasteiger partial charge in [0.1, 0.15) is 0 Å². The first kappa shape index (κ1) is 13.4. The predicted octanol–water partition coefficient (Wildman–Crippen LogP) is -0.420. The lowest BCUT2D eigenvalue weighted by atomic mass is 10.0. The quantitative estimate of drug-likeness (QED) is 0.688. The topological polar surface area (TPSA) is 75.8 Å². The van der Waals surface area contributed by atoms with Crippen molar-refractivity contribution in [2.75, 3.05) is 26.3 Å². The molecule has 5 nitrogen and oxygen atoms in total. The van der Waals surface area contributed by atoms with Crippen LogP contribution in [0.5, 0.6) is 0 Å². The average molecular weight is 230 g/mol. The first-order chi connectivity index (χ1) is 7.63. The van der Waals surface area contributed by atoms with Gasteiger partial charge in [-0.25, -0.2) is 0 Å². The molecule has 5 heteroatoms. The molecule has 3 atom stereocenters. The zero-order chi connectivity index (χ0) is 12.1. The summed E-state index contributed by atoms with van der Waals surface area (Å²) in [6, 6.07) is 0.0656. The molecule has 1 aliphatic heterocycles. The highest BCUT2D eigenvalue weighted by Gasteiger charge is 2.31. The van der Waals surface area contributed by atoms with Crippen molar-refractivity contribution in [1.29, 1.82) is 0 Å². The molecular formula is C11H22N2O3. The molecule has 3 N–H and O–H groups in total. The molecule has 1 fully saturated rings. The molecule has 0 aromatic rings. The van der Waals surface area contributed by atoms with Gasteiger partial charge in [-0.3, -0.25) is 4.79 Å². The average Bonchev–Trinajstić information content (AvgIpc) is 2.31. The maximum atomic E-state index is 12.1. The Bertz CT molecular complexity index is 231. The second kappa shape index (κ2) is 6.18. The fraction of sp³-hybridized carbons (Fsp3) is 0.909. The lowest BCUT2D eigenvalue weighted by Gasteiger charge is -2.39. The second-order valence-electron chi connectivity index (χ2n) is 4.32. The third-order valence-corrected chi connectivity index (χ3v) is 3.12. The summed E-state index contributed by atoms with van der Waals surface area (Å²) in [5, 5.41) is 9.04. The van der Waals surface area contributed by atoms with E-state index in [4.69, 9.17) is 15.6 Å². The third-order valence-electron chi connectivity index (χ3n) is 3.12. The third kappa shape index (κ3) is 2.93. The molecule has 0 radical (unpaired) electrons. The molecule has 3 unspecified atom stereocenters. The molecule has 1 saturated heterocycles. The molecule has 0 aromatic carbocycles. The molecule has 1 rings (SSSR count). The lowest BCUT2D eigenvalue weighted by molar-refractivity contribution is -0.150. The van der Waals surface area contributed by atoms with Crippen molar-refractivity contribution < 1.29 is 14.6 Å². The minimum atomic E-state index is -0.254. The van der Waals surface area contributed by atoms with Crippen LogP contribution < -0.4 is 5.73 Å². The van der Waals surface area contributed by atoms with Gasteiger partial charge in [0.05, 0.1) is 31.3 Å². The van der Waals surface area contributed by atoms with E-state index in [9.17, 15) is 4.79 Å². The number of nitrogens with zero attached hydrogens (tertiary/aromatic N) is 1. The highest BCUT2D eigenvalue weighted by atomic mass is 16.5. The summed E-state index contributed by atoms with van der Waals surface area (Å²) in [6.07, 6.45) is 0.499. The molecule has 0 saturated carbocycles. The van der Waals surface area contributed by atoms with Gasteiger partial charge in [0.15, 0.2) is 0 Å². The van der Waals surface area contributed by atoms with E-state index in [-0.39, 0.29) is 30.6 Å². The van der Waals surface area contributed by atoms with Crippen LogP contribution in [0.25, 0.3) is 0 Å². The van der Waals surface area contributed by atoms with Gasteiger partial charge in [-0.2, -0.15) is 0 Å². The lowest BCUT2D eigenvalue weighted by Crippen LogP contribution is -2.54. The highest BCUT2D eigenvalue weighted by molar-refractivity contribution is 5.79. The molecule has 0 bridgehead atoms. The normalized spacial score (nSPS) is 27.9. The van der Waals surface area contributed by atoms with Gasteiger partial charge in [-0.15, -0.1) is 0 Å². The van der Waals surface area contributed by atoms with Crippen LogP contribution in [0, 0.1) is 5.92 Å². The number of amides is 1. The first-order valence-corrected chi connectivity index (χ1v) is 5.87. The van der Waals surface area contributed by atoms with Gasteiger partial charge in [-0.05, 0) is 13.3 Å². The summed E-state index contributed by atoms with van der Waals surface area (Å²) in [5.41, 5.74) is 5.58. The van der Waals surface area contributed by atoms with Crippen LogP contribution in [0.15, 0.2) is 0 Å². The summed E-state index contributed by atoms with van der Waals surface area (Å²) in [4.78, 5) is 13.9. The van der Waals surface area contributed by atoms with Crippen molar-refractivity contribution in [3.63, 3.8) is 0 Å². The number of aliphatic hydroxyl groups excluding tert-OH is 1. The van der Waals surface area contributed by atoms with Crippen LogP contribution in [0.3, 0.4) is 0 Å². The molecule has 0 aliphatic carbocycles. The molecule has 1 amide bonds. The fourth-order valence-electron chi connectivity index (χ4n) is 1.91. The number of morpholine rings is 1. The second-order valence-corrected chi connectivity index (χ2v) is 4.32. The van der Waals surface area contributed by atoms with Crippen LogP contribution in [-0.2, 0) is 9.53 Å². The number of hydrogen-bond acceptors (Lipinski definition) is 4. The summed E-state index contributed by atoms with van der Waals surface area (Å²) in [6.45, 7) is 5.20.